The van der Waals surface area contributed by atoms with Crippen LogP contribution in [0.5, 0.6) is 5.75 Å². The summed E-state index contributed by atoms with van der Waals surface area (Å²) >= 11 is 0. The lowest BCUT2D eigenvalue weighted by Gasteiger charge is -2.32. The van der Waals surface area contributed by atoms with E-state index in [-0.39, 0.29) is 17.4 Å². The lowest BCUT2D eigenvalue weighted by atomic mass is 10.00. The maximum absolute atomic E-state index is 12.5. The average molecular weight is 422 g/mol. The van der Waals surface area contributed by atoms with Crippen LogP contribution in [-0.2, 0) is 11.3 Å². The Labute approximate surface area is 180 Å². The molecule has 0 saturated carbocycles. The second-order valence-electron chi connectivity index (χ2n) is 8.20. The molecule has 0 spiro atoms. The van der Waals surface area contributed by atoms with E-state index in [1.165, 1.54) is 4.57 Å². The second-order valence-corrected chi connectivity index (χ2v) is 8.20. The number of aromatic nitrogens is 3. The Bertz CT molecular complexity index is 1110. The highest BCUT2D eigenvalue weighted by molar-refractivity contribution is 5.66. The Morgan fingerprint density at radius 1 is 1.10 bits per heavy atom. The molecule has 1 amide bonds. The zero-order valence-electron chi connectivity index (χ0n) is 17.8. The zero-order valence-corrected chi connectivity index (χ0v) is 17.8. The van der Waals surface area contributed by atoms with Gasteiger partial charge in [-0.05, 0) is 41.3 Å². The van der Waals surface area contributed by atoms with Crippen molar-refractivity contribution in [1.29, 1.82) is 0 Å². The minimum Gasteiger partial charge on any atom is -0.507 e. The highest BCUT2D eigenvalue weighted by Gasteiger charge is 2.18. The molecular formula is C23H27N5O3. The van der Waals surface area contributed by atoms with Gasteiger partial charge in [-0.25, -0.2) is 14.5 Å². The topological polar surface area (TPSA) is 94.5 Å². The molecule has 1 saturated heterocycles. The molecule has 0 aliphatic carbocycles. The highest BCUT2D eigenvalue weighted by atomic mass is 16.3. The van der Waals surface area contributed by atoms with Gasteiger partial charge in [-0.2, -0.15) is 5.10 Å². The van der Waals surface area contributed by atoms with Gasteiger partial charge in [0.1, 0.15) is 5.75 Å². The standard InChI is InChI=1S/C23H27N5O3/c1-16(2)18-5-8-21(30)20(13-18)22-24-25-23(31)28(22)19-6-3-17(4-7-19)14-26-9-11-27(15-29)12-10-26/h3-8,13,15-16,30H,9-12,14H2,1-2H3,(H,25,31). The smallest absolute Gasteiger partial charge is 0.348 e. The van der Waals surface area contributed by atoms with Crippen LogP contribution in [0.2, 0.25) is 0 Å². The summed E-state index contributed by atoms with van der Waals surface area (Å²) in [5, 5.41) is 17.1. The van der Waals surface area contributed by atoms with E-state index in [1.54, 1.807) is 11.0 Å². The molecule has 31 heavy (non-hydrogen) atoms. The first kappa shape index (κ1) is 20.9. The minimum absolute atomic E-state index is 0.0794. The normalized spacial score (nSPS) is 14.9. The summed E-state index contributed by atoms with van der Waals surface area (Å²) in [5.74, 6) is 0.740. The fraction of sp³-hybridized carbons (Fsp3) is 0.348. The lowest BCUT2D eigenvalue weighted by Crippen LogP contribution is -2.45. The van der Waals surface area contributed by atoms with Gasteiger partial charge in [-0.3, -0.25) is 9.69 Å². The van der Waals surface area contributed by atoms with Crippen LogP contribution < -0.4 is 5.69 Å². The van der Waals surface area contributed by atoms with Gasteiger partial charge in [-0.15, -0.1) is 0 Å². The monoisotopic (exact) mass is 421 g/mol. The van der Waals surface area contributed by atoms with Crippen molar-refractivity contribution in [3.05, 3.63) is 64.1 Å². The van der Waals surface area contributed by atoms with Crippen molar-refractivity contribution in [2.45, 2.75) is 26.3 Å². The number of rotatable bonds is 6. The molecule has 1 fully saturated rings. The number of carbonyl (C=O) groups is 1. The van der Waals surface area contributed by atoms with Crippen LogP contribution in [0.4, 0.5) is 0 Å². The number of piperazine rings is 1. The van der Waals surface area contributed by atoms with Crippen molar-refractivity contribution in [3.8, 4) is 22.8 Å². The van der Waals surface area contributed by atoms with Crippen molar-refractivity contribution in [1.82, 2.24) is 24.6 Å². The molecule has 0 bridgehead atoms. The maximum atomic E-state index is 12.5. The Kier molecular flexibility index (Phi) is 5.90. The summed E-state index contributed by atoms with van der Waals surface area (Å²) in [7, 11) is 0. The molecule has 3 aromatic rings. The van der Waals surface area contributed by atoms with Gasteiger partial charge in [0.15, 0.2) is 5.82 Å². The quantitative estimate of drug-likeness (QED) is 0.596. The molecule has 4 rings (SSSR count). The van der Waals surface area contributed by atoms with Gasteiger partial charge in [0.25, 0.3) is 0 Å². The van der Waals surface area contributed by atoms with E-state index < -0.39 is 0 Å². The van der Waals surface area contributed by atoms with Crippen molar-refractivity contribution in [2.24, 2.45) is 0 Å². The number of benzene rings is 2. The number of nitrogens with one attached hydrogen (secondary N) is 1. The predicted octanol–water partition coefficient (Wildman–Crippen LogP) is 2.33. The van der Waals surface area contributed by atoms with Crippen LogP contribution >= 0.6 is 0 Å². The van der Waals surface area contributed by atoms with E-state index in [9.17, 15) is 14.7 Å². The highest BCUT2D eigenvalue weighted by Crippen LogP contribution is 2.31. The summed E-state index contributed by atoms with van der Waals surface area (Å²) in [5.41, 5.74) is 3.02. The summed E-state index contributed by atoms with van der Waals surface area (Å²) in [4.78, 5) is 27.5. The van der Waals surface area contributed by atoms with Crippen LogP contribution in [0, 0.1) is 0 Å². The molecule has 8 nitrogen and oxygen atoms in total. The molecular weight excluding hydrogens is 394 g/mol. The fourth-order valence-electron chi connectivity index (χ4n) is 3.84. The van der Waals surface area contributed by atoms with Crippen LogP contribution in [-0.4, -0.2) is 62.3 Å². The molecule has 0 unspecified atom stereocenters. The van der Waals surface area contributed by atoms with Gasteiger partial charge in [-0.1, -0.05) is 32.0 Å². The molecule has 2 aromatic carbocycles. The van der Waals surface area contributed by atoms with Gasteiger partial charge in [0.05, 0.1) is 11.3 Å². The van der Waals surface area contributed by atoms with Crippen LogP contribution in [0.15, 0.2) is 47.3 Å². The first-order valence-electron chi connectivity index (χ1n) is 10.5. The Balaban J connectivity index is 1.59. The van der Waals surface area contributed by atoms with Crippen molar-refractivity contribution in [2.75, 3.05) is 26.2 Å². The molecule has 8 heteroatoms. The van der Waals surface area contributed by atoms with Gasteiger partial charge in [0.2, 0.25) is 6.41 Å². The molecule has 1 aromatic heterocycles. The third-order valence-electron chi connectivity index (χ3n) is 5.76. The molecule has 1 aliphatic rings. The number of hydrogen-bond donors (Lipinski definition) is 2. The number of amides is 1. The maximum Gasteiger partial charge on any atom is 0.348 e. The zero-order chi connectivity index (χ0) is 22.0. The Morgan fingerprint density at radius 2 is 1.81 bits per heavy atom. The van der Waals surface area contributed by atoms with E-state index >= 15 is 0 Å². The number of carbonyl (C=O) groups excluding carboxylic acids is 1. The summed E-state index contributed by atoms with van der Waals surface area (Å²) in [6.07, 6.45) is 0.904. The Morgan fingerprint density at radius 3 is 2.45 bits per heavy atom. The molecule has 162 valence electrons. The summed E-state index contributed by atoms with van der Waals surface area (Å²) in [6.45, 7) is 8.12. The fourth-order valence-corrected chi connectivity index (χ4v) is 3.84. The van der Waals surface area contributed by atoms with Crippen molar-refractivity contribution < 1.29 is 9.90 Å². The third kappa shape index (κ3) is 4.39. The number of phenolic OH excluding ortho intramolecular Hbond substituents is 1. The van der Waals surface area contributed by atoms with E-state index in [0.29, 0.717) is 17.1 Å². The van der Waals surface area contributed by atoms with Crippen LogP contribution in [0.25, 0.3) is 17.1 Å². The van der Waals surface area contributed by atoms with Crippen molar-refractivity contribution in [3.63, 3.8) is 0 Å². The molecule has 2 heterocycles. The summed E-state index contributed by atoms with van der Waals surface area (Å²) < 4.78 is 1.48. The number of H-pyrrole nitrogens is 1. The van der Waals surface area contributed by atoms with Gasteiger partial charge >= 0.3 is 5.69 Å². The van der Waals surface area contributed by atoms with E-state index in [4.69, 9.17) is 0 Å². The van der Waals surface area contributed by atoms with Crippen molar-refractivity contribution >= 4 is 6.41 Å². The number of aromatic hydroxyl groups is 1. The molecule has 2 N–H and O–H groups in total. The van der Waals surface area contributed by atoms with Crippen LogP contribution in [0.1, 0.15) is 30.9 Å². The number of aromatic amines is 1. The Hall–Kier alpha value is -3.39. The number of hydrogen-bond acceptors (Lipinski definition) is 5. The van der Waals surface area contributed by atoms with Gasteiger partial charge in [0, 0.05) is 32.7 Å². The lowest BCUT2D eigenvalue weighted by molar-refractivity contribution is -0.119. The second kappa shape index (κ2) is 8.77. The first-order chi connectivity index (χ1) is 15.0. The average Bonchev–Trinajstić information content (AvgIpc) is 3.16. The SMILES string of the molecule is CC(C)c1ccc(O)c(-c2n[nH]c(=O)n2-c2ccc(CN3CCN(C=O)CC3)cc2)c1. The number of phenols is 1. The summed E-state index contributed by atoms with van der Waals surface area (Å²) in [6, 6.07) is 13.2. The third-order valence-corrected chi connectivity index (χ3v) is 5.76. The first-order valence-corrected chi connectivity index (χ1v) is 10.5. The molecule has 0 radical (unpaired) electrons. The van der Waals surface area contributed by atoms with E-state index in [2.05, 4.69) is 28.9 Å². The van der Waals surface area contributed by atoms with Crippen LogP contribution in [0.3, 0.4) is 0 Å². The van der Waals surface area contributed by atoms with E-state index in [1.807, 2.05) is 36.4 Å². The van der Waals surface area contributed by atoms with E-state index in [0.717, 1.165) is 50.3 Å². The minimum atomic E-state index is -0.359. The largest absolute Gasteiger partial charge is 0.507 e. The predicted molar refractivity (Wildman–Crippen MR) is 118 cm³/mol. The molecule has 0 atom stereocenters. The number of nitrogens with zero attached hydrogens (tertiary/aromatic N) is 4. The van der Waals surface area contributed by atoms with Gasteiger partial charge < -0.3 is 10.0 Å². The molecule has 1 aliphatic heterocycles.